The number of hydrogen-bond acceptors (Lipinski definition) is 3. The molecule has 0 fully saturated rings. The Hall–Kier alpha value is -3.03. The third kappa shape index (κ3) is 4.56. The molecule has 1 N–H and O–H groups in total. The molecule has 172 valence electrons. The van der Waals surface area contributed by atoms with Crippen LogP contribution in [0.2, 0.25) is 10.0 Å². The molecule has 0 aromatic heterocycles. The smallest absolute Gasteiger partial charge is 0.322 e. The van der Waals surface area contributed by atoms with Crippen molar-refractivity contribution in [1.29, 1.82) is 0 Å². The number of halogens is 2. The Morgan fingerprint density at radius 2 is 1.88 bits per heavy atom. The average molecular weight is 487 g/mol. The van der Waals surface area contributed by atoms with Gasteiger partial charge in [0.15, 0.2) is 0 Å². The number of nitrogens with zero attached hydrogens (tertiary/aromatic N) is 3. The molecule has 0 bridgehead atoms. The molecule has 4 amide bonds. The Morgan fingerprint density at radius 3 is 2.55 bits per heavy atom. The van der Waals surface area contributed by atoms with Gasteiger partial charge in [0.1, 0.15) is 6.54 Å². The van der Waals surface area contributed by atoms with Crippen molar-refractivity contribution in [2.75, 3.05) is 26.7 Å². The van der Waals surface area contributed by atoms with E-state index in [9.17, 15) is 14.4 Å². The van der Waals surface area contributed by atoms with Crippen molar-refractivity contribution in [2.45, 2.75) is 19.5 Å². The molecule has 2 aromatic carbocycles. The van der Waals surface area contributed by atoms with Crippen molar-refractivity contribution in [3.05, 3.63) is 81.0 Å². The summed E-state index contributed by atoms with van der Waals surface area (Å²) in [5.41, 5.74) is 2.61. The van der Waals surface area contributed by atoms with Gasteiger partial charge in [-0.3, -0.25) is 14.5 Å². The van der Waals surface area contributed by atoms with E-state index in [-0.39, 0.29) is 30.9 Å². The molecule has 1 atom stereocenters. The van der Waals surface area contributed by atoms with Crippen LogP contribution in [0.3, 0.4) is 0 Å². The molecule has 2 aliphatic rings. The van der Waals surface area contributed by atoms with Gasteiger partial charge in [0.2, 0.25) is 5.91 Å². The molecule has 0 radical (unpaired) electrons. The number of carbonyl (C=O) groups excluding carboxylic acids is 3. The molecular formula is C24H24Cl2N4O3. The van der Waals surface area contributed by atoms with E-state index in [1.54, 1.807) is 30.1 Å². The Balaban J connectivity index is 1.57. The van der Waals surface area contributed by atoms with Gasteiger partial charge < -0.3 is 15.1 Å². The largest absolute Gasteiger partial charge is 0.340 e. The van der Waals surface area contributed by atoms with Gasteiger partial charge in [0.05, 0.1) is 23.9 Å². The van der Waals surface area contributed by atoms with Crippen molar-refractivity contribution in [3.8, 4) is 0 Å². The fourth-order valence-corrected chi connectivity index (χ4v) is 4.73. The average Bonchev–Trinajstić information content (AvgIpc) is 3.10. The number of benzene rings is 2. The maximum Gasteiger partial charge on any atom is 0.322 e. The number of likely N-dealkylation sites (N-methyl/N-ethyl adjacent to an activating group) is 2. The zero-order chi connectivity index (χ0) is 23.7. The zero-order valence-electron chi connectivity index (χ0n) is 18.3. The van der Waals surface area contributed by atoms with E-state index in [4.69, 9.17) is 23.2 Å². The lowest BCUT2D eigenvalue weighted by Crippen LogP contribution is -2.47. The van der Waals surface area contributed by atoms with E-state index in [1.807, 2.05) is 37.3 Å². The van der Waals surface area contributed by atoms with Crippen LogP contribution in [0.1, 0.15) is 24.1 Å². The van der Waals surface area contributed by atoms with E-state index in [0.29, 0.717) is 40.0 Å². The Labute approximate surface area is 202 Å². The third-order valence-electron chi connectivity index (χ3n) is 5.90. The molecular weight excluding hydrogens is 463 g/mol. The molecule has 2 aliphatic heterocycles. The molecule has 9 heteroatoms. The molecule has 0 saturated carbocycles. The van der Waals surface area contributed by atoms with Crippen LogP contribution in [0.4, 0.5) is 4.79 Å². The second-order valence-electron chi connectivity index (χ2n) is 8.05. The van der Waals surface area contributed by atoms with Crippen molar-refractivity contribution in [2.24, 2.45) is 0 Å². The number of amides is 4. The van der Waals surface area contributed by atoms with Crippen LogP contribution in [0.5, 0.6) is 0 Å². The summed E-state index contributed by atoms with van der Waals surface area (Å²) >= 11 is 12.4. The van der Waals surface area contributed by atoms with E-state index in [1.165, 1.54) is 9.80 Å². The summed E-state index contributed by atoms with van der Waals surface area (Å²) in [6.45, 7) is 2.78. The van der Waals surface area contributed by atoms with Gasteiger partial charge in [0.25, 0.3) is 5.91 Å². The maximum absolute atomic E-state index is 13.4. The van der Waals surface area contributed by atoms with Crippen LogP contribution in [0.15, 0.2) is 59.8 Å². The minimum atomic E-state index is -0.713. The lowest BCUT2D eigenvalue weighted by atomic mass is 9.95. The number of nitrogens with one attached hydrogen (secondary N) is 1. The second-order valence-corrected chi connectivity index (χ2v) is 8.89. The Morgan fingerprint density at radius 1 is 1.15 bits per heavy atom. The molecule has 0 aliphatic carbocycles. The van der Waals surface area contributed by atoms with Gasteiger partial charge in [-0.2, -0.15) is 0 Å². The standard InChI is InChI=1S/C24H24Cl2N4O3/c1-3-30-19-13-29(14-20(31)28(2)12-15-7-5-4-6-8-15)23(32)21(19)22(27-24(30)33)17-10-9-16(25)11-18(17)26/h4-11,22H,3,12-14H2,1-2H3,(H,27,33). The molecule has 33 heavy (non-hydrogen) atoms. The van der Waals surface area contributed by atoms with E-state index in [0.717, 1.165) is 5.56 Å². The zero-order valence-corrected chi connectivity index (χ0v) is 19.9. The highest BCUT2D eigenvalue weighted by Gasteiger charge is 2.44. The normalized spacial score (nSPS) is 17.9. The first-order valence-corrected chi connectivity index (χ1v) is 11.4. The predicted molar refractivity (Wildman–Crippen MR) is 127 cm³/mol. The predicted octanol–water partition coefficient (Wildman–Crippen LogP) is 3.83. The van der Waals surface area contributed by atoms with Crippen molar-refractivity contribution in [1.82, 2.24) is 20.0 Å². The van der Waals surface area contributed by atoms with Gasteiger partial charge in [-0.25, -0.2) is 4.79 Å². The van der Waals surface area contributed by atoms with Crippen LogP contribution in [-0.4, -0.2) is 59.2 Å². The highest BCUT2D eigenvalue weighted by Crippen LogP contribution is 2.39. The second kappa shape index (κ2) is 9.45. The fraction of sp³-hybridized carbons (Fsp3) is 0.292. The summed E-state index contributed by atoms with van der Waals surface area (Å²) < 4.78 is 0. The summed E-state index contributed by atoms with van der Waals surface area (Å²) in [4.78, 5) is 43.7. The van der Waals surface area contributed by atoms with Crippen LogP contribution < -0.4 is 5.32 Å². The molecule has 2 aromatic rings. The topological polar surface area (TPSA) is 73.0 Å². The minimum Gasteiger partial charge on any atom is -0.340 e. The van der Waals surface area contributed by atoms with Gasteiger partial charge in [0, 0.05) is 30.2 Å². The van der Waals surface area contributed by atoms with Crippen LogP contribution >= 0.6 is 23.2 Å². The van der Waals surface area contributed by atoms with Gasteiger partial charge in [-0.15, -0.1) is 0 Å². The fourth-order valence-electron chi connectivity index (χ4n) is 4.21. The lowest BCUT2D eigenvalue weighted by Gasteiger charge is -2.33. The molecule has 7 nitrogen and oxygen atoms in total. The first-order valence-electron chi connectivity index (χ1n) is 10.6. The number of urea groups is 1. The monoisotopic (exact) mass is 486 g/mol. The first kappa shape index (κ1) is 23.1. The number of hydrogen-bond donors (Lipinski definition) is 1. The third-order valence-corrected chi connectivity index (χ3v) is 6.46. The molecule has 2 heterocycles. The van der Waals surface area contributed by atoms with Crippen molar-refractivity contribution < 1.29 is 14.4 Å². The highest BCUT2D eigenvalue weighted by molar-refractivity contribution is 6.35. The Kier molecular flexibility index (Phi) is 6.63. The van der Waals surface area contributed by atoms with Crippen molar-refractivity contribution in [3.63, 3.8) is 0 Å². The molecule has 0 saturated heterocycles. The lowest BCUT2D eigenvalue weighted by molar-refractivity contribution is -0.137. The van der Waals surface area contributed by atoms with Gasteiger partial charge in [-0.1, -0.05) is 59.6 Å². The van der Waals surface area contributed by atoms with E-state index in [2.05, 4.69) is 5.32 Å². The Bertz CT molecular complexity index is 1140. The minimum absolute atomic E-state index is 0.0814. The van der Waals surface area contributed by atoms with Crippen LogP contribution in [0, 0.1) is 0 Å². The number of rotatable bonds is 6. The first-order chi connectivity index (χ1) is 15.8. The van der Waals surface area contributed by atoms with E-state index < -0.39 is 6.04 Å². The molecule has 1 unspecified atom stereocenters. The van der Waals surface area contributed by atoms with Crippen molar-refractivity contribution >= 4 is 41.0 Å². The summed E-state index contributed by atoms with van der Waals surface area (Å²) in [7, 11) is 1.71. The molecule has 0 spiro atoms. The quantitative estimate of drug-likeness (QED) is 0.673. The molecule has 4 rings (SSSR count). The van der Waals surface area contributed by atoms with Crippen LogP contribution in [0.25, 0.3) is 0 Å². The summed E-state index contributed by atoms with van der Waals surface area (Å²) in [6.07, 6.45) is 0. The van der Waals surface area contributed by atoms with E-state index >= 15 is 0 Å². The summed E-state index contributed by atoms with van der Waals surface area (Å²) in [5, 5.41) is 3.70. The highest BCUT2D eigenvalue weighted by atomic mass is 35.5. The summed E-state index contributed by atoms with van der Waals surface area (Å²) in [6, 6.07) is 13.6. The number of carbonyl (C=O) groups is 3. The SMILES string of the molecule is CCN1C(=O)NC(c2ccc(Cl)cc2Cl)C2=C1CN(CC(=O)N(C)Cc1ccccc1)C2=O. The summed E-state index contributed by atoms with van der Waals surface area (Å²) in [5.74, 6) is -0.476. The van der Waals surface area contributed by atoms with Crippen LogP contribution in [-0.2, 0) is 16.1 Å². The maximum atomic E-state index is 13.4. The van der Waals surface area contributed by atoms with Gasteiger partial charge >= 0.3 is 6.03 Å². The van der Waals surface area contributed by atoms with Gasteiger partial charge in [-0.05, 0) is 30.2 Å².